The van der Waals surface area contributed by atoms with Gasteiger partial charge in [0.25, 0.3) is 5.91 Å². The zero-order chi connectivity index (χ0) is 18.7. The molecule has 1 N–H and O–H groups in total. The molecule has 3 aromatic rings. The SMILES string of the molecule is CN(CC(=O)Nc1cccc2ccccc12)C(=O)c1cnc(Cl)c(Cl)c1. The third kappa shape index (κ3) is 3.95. The van der Waals surface area contributed by atoms with Gasteiger partial charge in [0, 0.05) is 24.3 Å². The Morgan fingerprint density at radius 1 is 1.12 bits per heavy atom. The number of carbonyl (C=O) groups is 2. The predicted molar refractivity (Wildman–Crippen MR) is 104 cm³/mol. The zero-order valence-corrected chi connectivity index (χ0v) is 15.4. The van der Waals surface area contributed by atoms with E-state index in [1.807, 2.05) is 42.5 Å². The Hall–Kier alpha value is -2.63. The van der Waals surface area contributed by atoms with Gasteiger partial charge in [-0.2, -0.15) is 0 Å². The van der Waals surface area contributed by atoms with Crippen LogP contribution in [-0.4, -0.2) is 35.3 Å². The maximum atomic E-state index is 12.4. The van der Waals surface area contributed by atoms with Gasteiger partial charge in [-0.3, -0.25) is 9.59 Å². The molecular formula is C19H15Cl2N3O2. The van der Waals surface area contributed by atoms with E-state index in [2.05, 4.69) is 10.3 Å². The van der Waals surface area contributed by atoms with Crippen molar-refractivity contribution in [2.24, 2.45) is 0 Å². The molecule has 1 heterocycles. The minimum Gasteiger partial charge on any atom is -0.332 e. The fourth-order valence-corrected chi connectivity index (χ4v) is 2.84. The first-order chi connectivity index (χ1) is 12.5. The summed E-state index contributed by atoms with van der Waals surface area (Å²) in [4.78, 5) is 29.9. The molecule has 0 atom stereocenters. The van der Waals surface area contributed by atoms with Crippen LogP contribution in [0.4, 0.5) is 5.69 Å². The third-order valence-electron chi connectivity index (χ3n) is 3.83. The Morgan fingerprint density at radius 2 is 1.85 bits per heavy atom. The number of anilines is 1. The summed E-state index contributed by atoms with van der Waals surface area (Å²) in [6, 6.07) is 14.8. The molecule has 0 spiro atoms. The first kappa shape index (κ1) is 18.2. The lowest BCUT2D eigenvalue weighted by Gasteiger charge is -2.17. The summed E-state index contributed by atoms with van der Waals surface area (Å²) in [5, 5.41) is 5.12. The van der Waals surface area contributed by atoms with Gasteiger partial charge in [-0.15, -0.1) is 0 Å². The minimum atomic E-state index is -0.371. The zero-order valence-electron chi connectivity index (χ0n) is 13.9. The van der Waals surface area contributed by atoms with E-state index in [0.717, 1.165) is 10.8 Å². The molecule has 0 aliphatic heterocycles. The molecule has 0 fully saturated rings. The highest BCUT2D eigenvalue weighted by Gasteiger charge is 2.17. The average Bonchev–Trinajstić information content (AvgIpc) is 2.63. The van der Waals surface area contributed by atoms with Crippen LogP contribution < -0.4 is 5.32 Å². The Balaban J connectivity index is 1.70. The van der Waals surface area contributed by atoms with Gasteiger partial charge in [0.15, 0.2) is 0 Å². The van der Waals surface area contributed by atoms with E-state index in [4.69, 9.17) is 23.2 Å². The summed E-state index contributed by atoms with van der Waals surface area (Å²) in [7, 11) is 1.54. The number of hydrogen-bond acceptors (Lipinski definition) is 3. The van der Waals surface area contributed by atoms with Crippen molar-refractivity contribution in [3.8, 4) is 0 Å². The number of aromatic nitrogens is 1. The fourth-order valence-electron chi connectivity index (χ4n) is 2.57. The van der Waals surface area contributed by atoms with Crippen molar-refractivity contribution >= 4 is 51.5 Å². The lowest BCUT2D eigenvalue weighted by molar-refractivity contribution is -0.116. The quantitative estimate of drug-likeness (QED) is 0.680. The van der Waals surface area contributed by atoms with E-state index in [1.165, 1.54) is 24.2 Å². The van der Waals surface area contributed by atoms with E-state index >= 15 is 0 Å². The van der Waals surface area contributed by atoms with E-state index < -0.39 is 0 Å². The van der Waals surface area contributed by atoms with Gasteiger partial charge in [-0.1, -0.05) is 59.6 Å². The molecule has 0 radical (unpaired) electrons. The molecule has 3 rings (SSSR count). The molecule has 132 valence electrons. The lowest BCUT2D eigenvalue weighted by atomic mass is 10.1. The number of nitrogens with zero attached hydrogens (tertiary/aromatic N) is 2. The van der Waals surface area contributed by atoms with Gasteiger partial charge in [0.1, 0.15) is 5.15 Å². The van der Waals surface area contributed by atoms with Gasteiger partial charge in [0.2, 0.25) is 5.91 Å². The summed E-state index contributed by atoms with van der Waals surface area (Å²) in [5.41, 5.74) is 0.963. The largest absolute Gasteiger partial charge is 0.332 e. The van der Waals surface area contributed by atoms with Gasteiger partial charge in [-0.05, 0) is 17.5 Å². The molecule has 7 heteroatoms. The van der Waals surface area contributed by atoms with Crippen LogP contribution in [0.2, 0.25) is 10.2 Å². The van der Waals surface area contributed by atoms with Crippen molar-refractivity contribution in [3.63, 3.8) is 0 Å². The summed E-state index contributed by atoms with van der Waals surface area (Å²) in [6.07, 6.45) is 1.33. The second-order valence-electron chi connectivity index (χ2n) is 5.73. The molecular weight excluding hydrogens is 373 g/mol. The fraction of sp³-hybridized carbons (Fsp3) is 0.105. The maximum Gasteiger partial charge on any atom is 0.255 e. The third-order valence-corrected chi connectivity index (χ3v) is 4.52. The highest BCUT2D eigenvalue weighted by Crippen LogP contribution is 2.23. The van der Waals surface area contributed by atoms with Crippen molar-refractivity contribution in [1.29, 1.82) is 0 Å². The number of benzene rings is 2. The highest BCUT2D eigenvalue weighted by molar-refractivity contribution is 6.41. The molecule has 1 aromatic heterocycles. The highest BCUT2D eigenvalue weighted by atomic mass is 35.5. The second kappa shape index (κ2) is 7.72. The first-order valence-electron chi connectivity index (χ1n) is 7.80. The first-order valence-corrected chi connectivity index (χ1v) is 8.55. The number of fused-ring (bicyclic) bond motifs is 1. The van der Waals surface area contributed by atoms with Crippen LogP contribution in [0.15, 0.2) is 54.7 Å². The number of pyridine rings is 1. The number of amides is 2. The maximum absolute atomic E-state index is 12.4. The number of halogens is 2. The van der Waals surface area contributed by atoms with Crippen molar-refractivity contribution in [2.45, 2.75) is 0 Å². The Labute approximate surface area is 160 Å². The molecule has 2 aromatic carbocycles. The summed E-state index contributed by atoms with van der Waals surface area (Å²) < 4.78 is 0. The van der Waals surface area contributed by atoms with E-state index in [0.29, 0.717) is 5.69 Å². The number of likely N-dealkylation sites (N-methyl/N-ethyl adjacent to an activating group) is 1. The number of rotatable bonds is 4. The Kier molecular flexibility index (Phi) is 5.40. The van der Waals surface area contributed by atoms with Crippen LogP contribution in [0, 0.1) is 0 Å². The number of nitrogens with one attached hydrogen (secondary N) is 1. The van der Waals surface area contributed by atoms with Crippen molar-refractivity contribution in [2.75, 3.05) is 18.9 Å². The molecule has 5 nitrogen and oxygen atoms in total. The average molecular weight is 388 g/mol. The standard InChI is InChI=1S/C19H15Cl2N3O2/c1-24(19(26)13-9-15(20)18(21)22-10-13)11-17(25)23-16-8-4-6-12-5-2-3-7-14(12)16/h2-10H,11H2,1H3,(H,23,25). The van der Waals surface area contributed by atoms with Crippen LogP contribution in [0.1, 0.15) is 10.4 Å². The predicted octanol–water partition coefficient (Wildman–Crippen LogP) is 4.25. The van der Waals surface area contributed by atoms with Crippen molar-refractivity contribution in [1.82, 2.24) is 9.88 Å². The van der Waals surface area contributed by atoms with Gasteiger partial charge < -0.3 is 10.2 Å². The topological polar surface area (TPSA) is 62.3 Å². The van der Waals surface area contributed by atoms with Crippen LogP contribution in [0.25, 0.3) is 10.8 Å². The summed E-state index contributed by atoms with van der Waals surface area (Å²) >= 11 is 11.6. The molecule has 0 aliphatic rings. The van der Waals surface area contributed by atoms with Crippen LogP contribution in [0.3, 0.4) is 0 Å². The summed E-state index contributed by atoms with van der Waals surface area (Å²) in [5.74, 6) is -0.672. The molecule has 2 amide bonds. The van der Waals surface area contributed by atoms with Gasteiger partial charge >= 0.3 is 0 Å². The second-order valence-corrected chi connectivity index (χ2v) is 6.50. The van der Waals surface area contributed by atoms with Crippen LogP contribution in [-0.2, 0) is 4.79 Å². The molecule has 0 saturated carbocycles. The van der Waals surface area contributed by atoms with Crippen molar-refractivity contribution < 1.29 is 9.59 Å². The monoisotopic (exact) mass is 387 g/mol. The van der Waals surface area contributed by atoms with Crippen LogP contribution in [0.5, 0.6) is 0 Å². The normalized spacial score (nSPS) is 10.6. The number of carbonyl (C=O) groups excluding carboxylic acids is 2. The van der Waals surface area contributed by atoms with Crippen LogP contribution >= 0.6 is 23.2 Å². The van der Waals surface area contributed by atoms with Crippen molar-refractivity contribution in [3.05, 3.63) is 70.5 Å². The lowest BCUT2D eigenvalue weighted by Crippen LogP contribution is -2.35. The van der Waals surface area contributed by atoms with Gasteiger partial charge in [0.05, 0.1) is 17.1 Å². The molecule has 0 aliphatic carbocycles. The van der Waals surface area contributed by atoms with Gasteiger partial charge in [-0.25, -0.2) is 4.98 Å². The minimum absolute atomic E-state index is 0.109. The molecule has 0 bridgehead atoms. The number of hydrogen-bond donors (Lipinski definition) is 1. The Morgan fingerprint density at radius 3 is 2.62 bits per heavy atom. The molecule has 0 saturated heterocycles. The summed E-state index contributed by atoms with van der Waals surface area (Å²) in [6.45, 7) is -0.109. The molecule has 0 unspecified atom stereocenters. The Bertz CT molecular complexity index is 986. The van der Waals surface area contributed by atoms with E-state index in [1.54, 1.807) is 0 Å². The smallest absolute Gasteiger partial charge is 0.255 e. The van der Waals surface area contributed by atoms with E-state index in [-0.39, 0.29) is 34.1 Å². The van der Waals surface area contributed by atoms with E-state index in [9.17, 15) is 9.59 Å². The molecule has 26 heavy (non-hydrogen) atoms.